The Morgan fingerprint density at radius 3 is 2.55 bits per heavy atom. The highest BCUT2D eigenvalue weighted by Gasteiger charge is 2.52. The van der Waals surface area contributed by atoms with Crippen molar-refractivity contribution >= 4 is 6.29 Å². The molecule has 5 heteroatoms. The molecule has 190 valence electrons. The van der Waals surface area contributed by atoms with Crippen molar-refractivity contribution in [1.29, 1.82) is 0 Å². The quantitative estimate of drug-likeness (QED) is 0.175. The highest BCUT2D eigenvalue weighted by atomic mass is 16.7. The monoisotopic (exact) mass is 464 g/mol. The van der Waals surface area contributed by atoms with Crippen molar-refractivity contribution in [3.05, 3.63) is 12.2 Å². The number of rotatable bonds is 13. The van der Waals surface area contributed by atoms with Gasteiger partial charge < -0.3 is 23.7 Å². The Kier molecular flexibility index (Phi) is 10.9. The minimum Gasteiger partial charge on any atom is -0.353 e. The van der Waals surface area contributed by atoms with Gasteiger partial charge in [-0.3, -0.25) is 0 Å². The maximum absolute atomic E-state index is 11.2. The Morgan fingerprint density at radius 1 is 1.06 bits per heavy atom. The molecule has 33 heavy (non-hydrogen) atoms. The minimum absolute atomic E-state index is 0.0467. The van der Waals surface area contributed by atoms with Crippen LogP contribution in [0.3, 0.4) is 0 Å². The lowest BCUT2D eigenvalue weighted by Crippen LogP contribution is -2.50. The molecule has 0 bridgehead atoms. The number of allylic oxidation sites excluding steroid dienone is 1. The first-order chi connectivity index (χ1) is 16.0. The lowest BCUT2D eigenvalue weighted by molar-refractivity contribution is -0.316. The second kappa shape index (κ2) is 13.4. The first-order valence-corrected chi connectivity index (χ1v) is 13.6. The number of hydrogen-bond acceptors (Lipinski definition) is 5. The number of ether oxygens (including phenoxy) is 4. The zero-order valence-electron chi connectivity index (χ0n) is 21.4. The van der Waals surface area contributed by atoms with E-state index in [1.165, 1.54) is 38.5 Å². The number of carbonyl (C=O) groups is 1. The summed E-state index contributed by atoms with van der Waals surface area (Å²) in [5.74, 6) is 0.0343. The van der Waals surface area contributed by atoms with Crippen LogP contribution in [0.1, 0.15) is 104 Å². The number of hydrogen-bond donors (Lipinski definition) is 0. The molecule has 5 nitrogen and oxygen atoms in total. The fraction of sp³-hybridized carbons (Fsp3) is 0.893. The third-order valence-corrected chi connectivity index (χ3v) is 7.55. The molecule has 0 aromatic carbocycles. The largest absolute Gasteiger partial charge is 0.353 e. The van der Waals surface area contributed by atoms with E-state index >= 15 is 0 Å². The van der Waals surface area contributed by atoms with E-state index < -0.39 is 5.79 Å². The van der Waals surface area contributed by atoms with E-state index in [1.54, 1.807) is 0 Å². The van der Waals surface area contributed by atoms with Gasteiger partial charge in [0.1, 0.15) is 6.29 Å². The predicted octanol–water partition coefficient (Wildman–Crippen LogP) is 6.59. The first kappa shape index (κ1) is 26.8. The Bertz CT molecular complexity index is 585. The van der Waals surface area contributed by atoms with Gasteiger partial charge >= 0.3 is 0 Å². The predicted molar refractivity (Wildman–Crippen MR) is 131 cm³/mol. The number of carbonyl (C=O) groups excluding carboxylic acids is 1. The molecule has 3 aliphatic rings. The van der Waals surface area contributed by atoms with Crippen molar-refractivity contribution in [2.24, 2.45) is 17.3 Å². The zero-order chi connectivity index (χ0) is 23.6. The molecular formula is C28H48O5. The Hall–Kier alpha value is -0.750. The van der Waals surface area contributed by atoms with Gasteiger partial charge in [-0.2, -0.15) is 0 Å². The lowest BCUT2D eigenvalue weighted by atomic mass is 9.86. The van der Waals surface area contributed by atoms with Gasteiger partial charge in [0.25, 0.3) is 0 Å². The average Bonchev–Trinajstić information content (AvgIpc) is 3.15. The second-order valence-corrected chi connectivity index (χ2v) is 11.2. The van der Waals surface area contributed by atoms with Crippen LogP contribution in [0.15, 0.2) is 12.2 Å². The molecule has 0 radical (unpaired) electrons. The molecule has 4 atom stereocenters. The Labute approximate surface area is 202 Å². The summed E-state index contributed by atoms with van der Waals surface area (Å²) in [5, 5.41) is 0. The third-order valence-electron chi connectivity index (χ3n) is 7.55. The van der Waals surface area contributed by atoms with E-state index in [1.807, 2.05) is 0 Å². The van der Waals surface area contributed by atoms with E-state index in [2.05, 4.69) is 32.9 Å². The molecule has 0 aromatic heterocycles. The maximum Gasteiger partial charge on any atom is 0.171 e. The fourth-order valence-corrected chi connectivity index (χ4v) is 5.51. The highest BCUT2D eigenvalue weighted by molar-refractivity contribution is 5.49. The van der Waals surface area contributed by atoms with Crippen LogP contribution in [0.5, 0.6) is 0 Å². The van der Waals surface area contributed by atoms with Crippen LogP contribution >= 0.6 is 0 Å². The topological polar surface area (TPSA) is 54.0 Å². The molecule has 1 aliphatic carbocycles. The summed E-state index contributed by atoms with van der Waals surface area (Å²) in [6.45, 7) is 8.85. The van der Waals surface area contributed by atoms with E-state index in [4.69, 9.17) is 18.9 Å². The van der Waals surface area contributed by atoms with E-state index in [9.17, 15) is 4.79 Å². The van der Waals surface area contributed by atoms with Gasteiger partial charge in [-0.25, -0.2) is 0 Å². The zero-order valence-corrected chi connectivity index (χ0v) is 21.4. The van der Waals surface area contributed by atoms with E-state index in [0.717, 1.165) is 51.4 Å². The molecule has 0 amide bonds. The Balaban J connectivity index is 1.63. The van der Waals surface area contributed by atoms with Crippen LogP contribution in [0, 0.1) is 17.3 Å². The molecule has 3 fully saturated rings. The average molecular weight is 465 g/mol. The fourth-order valence-electron chi connectivity index (χ4n) is 5.51. The van der Waals surface area contributed by atoms with Gasteiger partial charge in [0.2, 0.25) is 0 Å². The van der Waals surface area contributed by atoms with Gasteiger partial charge in [-0.15, -0.1) is 0 Å². The standard InChI is InChI=1S/C28H48O5/c1-4-5-6-7-8-12-24(33-26-14-9-10-20-30-26)16-15-23-17-18-28(25(23)13-11-19-29)31-21-27(2,3)22-32-28/h15-16,19,23-26H,4-14,17-18,20-22H2,1-3H3. The SMILES string of the molecule is CCCCCCCC(C=CC1CCC2(OCC(C)(C)CO2)C1CCC=O)OC1CCCCO1. The number of aldehydes is 1. The van der Waals surface area contributed by atoms with Gasteiger partial charge in [-0.1, -0.05) is 65.0 Å². The van der Waals surface area contributed by atoms with Crippen molar-refractivity contribution < 1.29 is 23.7 Å². The van der Waals surface area contributed by atoms with Gasteiger partial charge in [0.15, 0.2) is 12.1 Å². The summed E-state index contributed by atoms with van der Waals surface area (Å²) < 4.78 is 25.1. The summed E-state index contributed by atoms with van der Waals surface area (Å²) >= 11 is 0. The highest BCUT2D eigenvalue weighted by Crippen LogP contribution is 2.49. The molecule has 4 unspecified atom stereocenters. The normalized spacial score (nSPS) is 30.1. The van der Waals surface area contributed by atoms with Crippen LogP contribution < -0.4 is 0 Å². The minimum atomic E-state index is -0.531. The third kappa shape index (κ3) is 8.16. The summed E-state index contributed by atoms with van der Waals surface area (Å²) in [5.41, 5.74) is 0.0467. The van der Waals surface area contributed by atoms with E-state index in [0.29, 0.717) is 25.6 Å². The van der Waals surface area contributed by atoms with Crippen LogP contribution in [0.2, 0.25) is 0 Å². The summed E-state index contributed by atoms with van der Waals surface area (Å²) in [6, 6.07) is 0. The summed E-state index contributed by atoms with van der Waals surface area (Å²) in [4.78, 5) is 11.2. The van der Waals surface area contributed by atoms with Gasteiger partial charge in [0.05, 0.1) is 19.3 Å². The second-order valence-electron chi connectivity index (χ2n) is 11.2. The molecular weight excluding hydrogens is 416 g/mol. The summed E-state index contributed by atoms with van der Waals surface area (Å²) in [6.07, 6.45) is 19.6. The number of unbranched alkanes of at least 4 members (excludes halogenated alkanes) is 4. The van der Waals surface area contributed by atoms with Crippen LogP contribution in [0.4, 0.5) is 0 Å². The van der Waals surface area contributed by atoms with Crippen molar-refractivity contribution in [3.8, 4) is 0 Å². The van der Waals surface area contributed by atoms with Crippen molar-refractivity contribution in [2.75, 3.05) is 19.8 Å². The van der Waals surface area contributed by atoms with Crippen molar-refractivity contribution in [3.63, 3.8) is 0 Å². The first-order valence-electron chi connectivity index (χ1n) is 13.6. The molecule has 2 saturated heterocycles. The van der Waals surface area contributed by atoms with Crippen molar-refractivity contribution in [1.82, 2.24) is 0 Å². The van der Waals surface area contributed by atoms with Gasteiger partial charge in [-0.05, 0) is 44.4 Å². The molecule has 1 spiro atoms. The van der Waals surface area contributed by atoms with Crippen LogP contribution in [0.25, 0.3) is 0 Å². The lowest BCUT2D eigenvalue weighted by Gasteiger charge is -2.45. The maximum atomic E-state index is 11.2. The molecule has 2 heterocycles. The molecule has 2 aliphatic heterocycles. The van der Waals surface area contributed by atoms with E-state index in [-0.39, 0.29) is 23.7 Å². The van der Waals surface area contributed by atoms with Crippen LogP contribution in [-0.2, 0) is 23.7 Å². The van der Waals surface area contributed by atoms with Crippen LogP contribution in [-0.4, -0.2) is 44.3 Å². The molecule has 0 N–H and O–H groups in total. The molecule has 3 rings (SSSR count). The summed E-state index contributed by atoms with van der Waals surface area (Å²) in [7, 11) is 0. The smallest absolute Gasteiger partial charge is 0.171 e. The Morgan fingerprint density at radius 2 is 1.85 bits per heavy atom. The molecule has 0 aromatic rings. The van der Waals surface area contributed by atoms with Crippen molar-refractivity contribution in [2.45, 2.75) is 122 Å². The molecule has 1 saturated carbocycles. The van der Waals surface area contributed by atoms with Gasteiger partial charge in [0, 0.05) is 30.8 Å².